The van der Waals surface area contributed by atoms with Crippen molar-refractivity contribution in [3.63, 3.8) is 0 Å². The number of fused-ring (bicyclic) bond motifs is 1. The largest absolute Gasteiger partial charge is 0.450 e. The second-order valence-electron chi connectivity index (χ2n) is 5.04. The molecule has 114 valence electrons. The van der Waals surface area contributed by atoms with Gasteiger partial charge in [0.1, 0.15) is 0 Å². The van der Waals surface area contributed by atoms with Crippen LogP contribution in [0.25, 0.3) is 0 Å². The molecule has 0 unspecified atom stereocenters. The van der Waals surface area contributed by atoms with E-state index in [0.717, 1.165) is 22.9 Å². The normalized spacial score (nSPS) is 14.3. The first kappa shape index (κ1) is 15.8. The predicted octanol–water partition coefficient (Wildman–Crippen LogP) is 2.03. The fourth-order valence-electron chi connectivity index (χ4n) is 2.52. The van der Waals surface area contributed by atoms with Crippen LogP contribution in [-0.2, 0) is 28.8 Å². The van der Waals surface area contributed by atoms with Gasteiger partial charge in [0, 0.05) is 17.6 Å². The molecule has 6 heteroatoms. The summed E-state index contributed by atoms with van der Waals surface area (Å²) >= 11 is 3.49. The Kier molecular flexibility index (Phi) is 5.22. The van der Waals surface area contributed by atoms with Crippen molar-refractivity contribution >= 4 is 27.9 Å². The van der Waals surface area contributed by atoms with Crippen molar-refractivity contribution in [1.82, 2.24) is 4.90 Å². The minimum absolute atomic E-state index is 0.218. The number of carbonyl (C=O) groups excluding carboxylic acids is 2. The van der Waals surface area contributed by atoms with E-state index in [2.05, 4.69) is 15.9 Å². The van der Waals surface area contributed by atoms with Crippen LogP contribution in [0.5, 0.6) is 0 Å². The first-order chi connectivity index (χ1) is 10.0. The lowest BCUT2D eigenvalue weighted by Gasteiger charge is -2.18. The number of benzene rings is 1. The molecule has 2 amide bonds. The van der Waals surface area contributed by atoms with Crippen molar-refractivity contribution in [3.05, 3.63) is 33.3 Å². The lowest BCUT2D eigenvalue weighted by molar-refractivity contribution is -0.117. The van der Waals surface area contributed by atoms with Crippen molar-refractivity contribution in [1.29, 1.82) is 0 Å². The zero-order valence-electron chi connectivity index (χ0n) is 12.0. The molecule has 2 N–H and O–H groups in total. The molecule has 5 nitrogen and oxygen atoms in total. The van der Waals surface area contributed by atoms with Gasteiger partial charge in [-0.25, -0.2) is 4.79 Å². The van der Waals surface area contributed by atoms with Crippen LogP contribution < -0.4 is 5.73 Å². The molecular weight excluding hydrogens is 336 g/mol. The molecule has 21 heavy (non-hydrogen) atoms. The second kappa shape index (κ2) is 6.93. The van der Waals surface area contributed by atoms with E-state index in [-0.39, 0.29) is 18.4 Å². The zero-order valence-corrected chi connectivity index (χ0v) is 13.6. The summed E-state index contributed by atoms with van der Waals surface area (Å²) in [5.74, 6) is -0.350. The number of nitrogens with two attached hydrogens (primary N) is 1. The SMILES string of the molecule is CCOC(=O)N1CCc2cc(Br)c(CC(N)=O)cc2CC1. The van der Waals surface area contributed by atoms with Crippen LogP contribution in [-0.4, -0.2) is 36.6 Å². The highest BCUT2D eigenvalue weighted by atomic mass is 79.9. The Bertz CT molecular complexity index is 560. The van der Waals surface area contributed by atoms with Gasteiger partial charge in [-0.3, -0.25) is 4.79 Å². The van der Waals surface area contributed by atoms with Crippen LogP contribution >= 0.6 is 15.9 Å². The highest BCUT2D eigenvalue weighted by molar-refractivity contribution is 9.10. The smallest absolute Gasteiger partial charge is 0.409 e. The minimum Gasteiger partial charge on any atom is -0.450 e. The van der Waals surface area contributed by atoms with Crippen LogP contribution in [0.3, 0.4) is 0 Å². The second-order valence-corrected chi connectivity index (χ2v) is 5.90. The van der Waals surface area contributed by atoms with E-state index < -0.39 is 0 Å². The Morgan fingerprint density at radius 2 is 1.90 bits per heavy atom. The van der Waals surface area contributed by atoms with Crippen molar-refractivity contribution in [2.24, 2.45) is 5.73 Å². The molecule has 1 heterocycles. The molecule has 0 fully saturated rings. The molecule has 0 aromatic heterocycles. The van der Waals surface area contributed by atoms with Crippen LogP contribution in [0.2, 0.25) is 0 Å². The van der Waals surface area contributed by atoms with Crippen molar-refractivity contribution in [2.45, 2.75) is 26.2 Å². The van der Waals surface area contributed by atoms with Gasteiger partial charge in [0.05, 0.1) is 13.0 Å². The number of hydrogen-bond donors (Lipinski definition) is 1. The Morgan fingerprint density at radius 1 is 1.29 bits per heavy atom. The predicted molar refractivity (Wildman–Crippen MR) is 83.0 cm³/mol. The summed E-state index contributed by atoms with van der Waals surface area (Å²) in [7, 11) is 0. The highest BCUT2D eigenvalue weighted by Gasteiger charge is 2.20. The van der Waals surface area contributed by atoms with Crippen LogP contribution in [0, 0.1) is 0 Å². The molecule has 2 rings (SSSR count). The average Bonchev–Trinajstić information content (AvgIpc) is 2.61. The number of nitrogens with zero attached hydrogens (tertiary/aromatic N) is 1. The number of carbonyl (C=O) groups is 2. The van der Waals surface area contributed by atoms with E-state index in [1.165, 1.54) is 11.1 Å². The molecule has 0 spiro atoms. The van der Waals surface area contributed by atoms with Crippen LogP contribution in [0.4, 0.5) is 4.79 Å². The maximum absolute atomic E-state index is 11.8. The van der Waals surface area contributed by atoms with Gasteiger partial charge in [-0.2, -0.15) is 0 Å². The van der Waals surface area contributed by atoms with E-state index in [4.69, 9.17) is 10.5 Å². The Labute approximate surface area is 132 Å². The Balaban J connectivity index is 2.17. The molecule has 0 radical (unpaired) electrons. The van der Waals surface area contributed by atoms with Crippen LogP contribution in [0.15, 0.2) is 16.6 Å². The average molecular weight is 355 g/mol. The number of rotatable bonds is 3. The summed E-state index contributed by atoms with van der Waals surface area (Å²) in [5, 5.41) is 0. The number of primary amides is 1. The summed E-state index contributed by atoms with van der Waals surface area (Å²) in [6.07, 6.45) is 1.49. The number of amides is 2. The van der Waals surface area contributed by atoms with E-state index >= 15 is 0 Å². The molecule has 1 aliphatic rings. The fourth-order valence-corrected chi connectivity index (χ4v) is 3.05. The molecule has 0 saturated carbocycles. The third-order valence-corrected chi connectivity index (χ3v) is 4.30. The summed E-state index contributed by atoms with van der Waals surface area (Å²) in [4.78, 5) is 24.6. The van der Waals surface area contributed by atoms with Gasteiger partial charge in [0.15, 0.2) is 0 Å². The molecule has 0 bridgehead atoms. The van der Waals surface area contributed by atoms with Gasteiger partial charge < -0.3 is 15.4 Å². The van der Waals surface area contributed by atoms with E-state index in [1.54, 1.807) is 11.8 Å². The van der Waals surface area contributed by atoms with Crippen LogP contribution in [0.1, 0.15) is 23.6 Å². The summed E-state index contributed by atoms with van der Waals surface area (Å²) in [6.45, 7) is 3.46. The van der Waals surface area contributed by atoms with Gasteiger partial charge >= 0.3 is 6.09 Å². The minimum atomic E-state index is -0.350. The third kappa shape index (κ3) is 3.97. The van der Waals surface area contributed by atoms with Gasteiger partial charge in [0.25, 0.3) is 0 Å². The number of ether oxygens (including phenoxy) is 1. The monoisotopic (exact) mass is 354 g/mol. The first-order valence-electron chi connectivity index (χ1n) is 7.01. The van der Waals surface area contributed by atoms with E-state index in [1.807, 2.05) is 12.1 Å². The molecule has 1 aromatic rings. The highest BCUT2D eigenvalue weighted by Crippen LogP contribution is 2.25. The summed E-state index contributed by atoms with van der Waals surface area (Å²) < 4.78 is 5.95. The van der Waals surface area contributed by atoms with Crippen molar-refractivity contribution in [2.75, 3.05) is 19.7 Å². The van der Waals surface area contributed by atoms with E-state index in [9.17, 15) is 9.59 Å². The van der Waals surface area contributed by atoms with Gasteiger partial charge in [-0.05, 0) is 42.5 Å². The maximum Gasteiger partial charge on any atom is 0.409 e. The zero-order chi connectivity index (χ0) is 15.4. The third-order valence-electron chi connectivity index (χ3n) is 3.56. The lowest BCUT2D eigenvalue weighted by atomic mass is 9.99. The van der Waals surface area contributed by atoms with Crippen molar-refractivity contribution < 1.29 is 14.3 Å². The first-order valence-corrected chi connectivity index (χ1v) is 7.80. The Morgan fingerprint density at radius 3 is 2.48 bits per heavy atom. The molecular formula is C15H19BrN2O3. The topological polar surface area (TPSA) is 72.6 Å². The molecule has 0 atom stereocenters. The van der Waals surface area contributed by atoms with Crippen molar-refractivity contribution in [3.8, 4) is 0 Å². The lowest BCUT2D eigenvalue weighted by Crippen LogP contribution is -2.33. The Hall–Kier alpha value is -1.56. The van der Waals surface area contributed by atoms with Gasteiger partial charge in [-0.1, -0.05) is 22.0 Å². The molecule has 1 aromatic carbocycles. The number of hydrogen-bond acceptors (Lipinski definition) is 3. The fraction of sp³-hybridized carbons (Fsp3) is 0.467. The molecule has 1 aliphatic heterocycles. The summed E-state index contributed by atoms with van der Waals surface area (Å²) in [6, 6.07) is 4.04. The number of halogens is 1. The summed E-state index contributed by atoms with van der Waals surface area (Å²) in [5.41, 5.74) is 8.52. The standard InChI is InChI=1S/C15H19BrN2O3/c1-2-21-15(20)18-5-3-10-7-12(9-14(17)19)13(16)8-11(10)4-6-18/h7-8H,2-6,9H2,1H3,(H2,17,19). The van der Waals surface area contributed by atoms with Gasteiger partial charge in [0.2, 0.25) is 5.91 Å². The molecule has 0 aliphatic carbocycles. The molecule has 0 saturated heterocycles. The quantitative estimate of drug-likeness (QED) is 0.902. The van der Waals surface area contributed by atoms with E-state index in [0.29, 0.717) is 19.7 Å². The maximum atomic E-state index is 11.8. The van der Waals surface area contributed by atoms with Gasteiger partial charge in [-0.15, -0.1) is 0 Å².